The van der Waals surface area contributed by atoms with Gasteiger partial charge in [0.25, 0.3) is 0 Å². The number of ether oxygens (including phenoxy) is 1. The zero-order chi connectivity index (χ0) is 11.7. The summed E-state index contributed by atoms with van der Waals surface area (Å²) in [6, 6.07) is 10.2. The predicted octanol–water partition coefficient (Wildman–Crippen LogP) is 1.66. The third-order valence-corrected chi connectivity index (χ3v) is 3.10. The molecule has 0 amide bonds. The molecular weight excluding hydrogens is 214 g/mol. The van der Waals surface area contributed by atoms with Crippen molar-refractivity contribution in [2.75, 3.05) is 6.61 Å². The van der Waals surface area contributed by atoms with Crippen molar-refractivity contribution in [3.63, 3.8) is 0 Å². The van der Waals surface area contributed by atoms with Crippen molar-refractivity contribution in [3.8, 4) is 5.69 Å². The molecule has 3 rings (SSSR count). The summed E-state index contributed by atoms with van der Waals surface area (Å²) in [4.78, 5) is 4.38. The van der Waals surface area contributed by atoms with Gasteiger partial charge >= 0.3 is 0 Å². The SMILES string of the molecule is N[C@@H]1CCO[C@H]1c1nccn1-c1ccccc1. The molecule has 0 unspecified atom stereocenters. The van der Waals surface area contributed by atoms with Crippen molar-refractivity contribution in [2.45, 2.75) is 18.6 Å². The molecule has 0 saturated carbocycles. The van der Waals surface area contributed by atoms with Crippen LogP contribution in [0.25, 0.3) is 5.69 Å². The standard InChI is InChI=1S/C13H15N3O/c14-11-6-9-17-12(11)13-15-7-8-16(13)10-4-2-1-3-5-10/h1-5,7-8,11-12H,6,9,14H2/t11-,12-/m1/s1. The summed E-state index contributed by atoms with van der Waals surface area (Å²) in [6.07, 6.45) is 4.53. The van der Waals surface area contributed by atoms with Gasteiger partial charge < -0.3 is 15.0 Å². The second kappa shape index (κ2) is 4.31. The number of nitrogens with zero attached hydrogens (tertiary/aromatic N) is 2. The van der Waals surface area contributed by atoms with Crippen molar-refractivity contribution in [1.29, 1.82) is 0 Å². The molecule has 1 saturated heterocycles. The second-order valence-corrected chi connectivity index (χ2v) is 4.23. The van der Waals surface area contributed by atoms with Crippen LogP contribution in [0.4, 0.5) is 0 Å². The van der Waals surface area contributed by atoms with Gasteiger partial charge in [0, 0.05) is 30.7 Å². The Hall–Kier alpha value is -1.65. The van der Waals surface area contributed by atoms with E-state index in [4.69, 9.17) is 10.5 Å². The van der Waals surface area contributed by atoms with Crippen LogP contribution in [0.1, 0.15) is 18.3 Å². The molecule has 0 aliphatic carbocycles. The van der Waals surface area contributed by atoms with E-state index in [1.54, 1.807) is 6.20 Å². The molecule has 4 heteroatoms. The second-order valence-electron chi connectivity index (χ2n) is 4.23. The molecule has 88 valence electrons. The first-order valence-electron chi connectivity index (χ1n) is 5.82. The average molecular weight is 229 g/mol. The zero-order valence-electron chi connectivity index (χ0n) is 9.49. The molecule has 2 atom stereocenters. The molecule has 1 aliphatic rings. The Kier molecular flexibility index (Phi) is 2.66. The molecule has 0 bridgehead atoms. The molecule has 1 aliphatic heterocycles. The van der Waals surface area contributed by atoms with E-state index in [-0.39, 0.29) is 12.1 Å². The number of aromatic nitrogens is 2. The van der Waals surface area contributed by atoms with Gasteiger partial charge in [0.1, 0.15) is 11.9 Å². The fraction of sp³-hybridized carbons (Fsp3) is 0.308. The zero-order valence-corrected chi connectivity index (χ0v) is 9.49. The maximum Gasteiger partial charge on any atom is 0.144 e. The number of hydrogen-bond acceptors (Lipinski definition) is 3. The van der Waals surface area contributed by atoms with E-state index in [2.05, 4.69) is 4.98 Å². The van der Waals surface area contributed by atoms with Gasteiger partial charge in [-0.3, -0.25) is 0 Å². The van der Waals surface area contributed by atoms with Crippen LogP contribution < -0.4 is 5.73 Å². The molecule has 2 heterocycles. The largest absolute Gasteiger partial charge is 0.369 e. The monoisotopic (exact) mass is 229 g/mol. The average Bonchev–Trinajstić information content (AvgIpc) is 2.98. The van der Waals surface area contributed by atoms with Gasteiger partial charge in [-0.1, -0.05) is 18.2 Å². The lowest BCUT2D eigenvalue weighted by molar-refractivity contribution is 0.0968. The summed E-state index contributed by atoms with van der Waals surface area (Å²) < 4.78 is 7.70. The minimum atomic E-state index is -0.0924. The lowest BCUT2D eigenvalue weighted by Gasteiger charge is -2.16. The van der Waals surface area contributed by atoms with E-state index in [9.17, 15) is 0 Å². The number of benzene rings is 1. The molecule has 4 nitrogen and oxygen atoms in total. The van der Waals surface area contributed by atoms with Crippen molar-refractivity contribution in [2.24, 2.45) is 5.73 Å². The first-order chi connectivity index (χ1) is 8.36. The third kappa shape index (κ3) is 1.85. The highest BCUT2D eigenvalue weighted by atomic mass is 16.5. The highest BCUT2D eigenvalue weighted by Gasteiger charge is 2.30. The Bertz CT molecular complexity index is 494. The van der Waals surface area contributed by atoms with Gasteiger partial charge in [0.05, 0.1) is 0 Å². The number of imidazole rings is 1. The predicted molar refractivity (Wildman–Crippen MR) is 64.8 cm³/mol. The van der Waals surface area contributed by atoms with E-state index in [1.165, 1.54) is 0 Å². The van der Waals surface area contributed by atoms with Crippen LogP contribution >= 0.6 is 0 Å². The van der Waals surface area contributed by atoms with Crippen LogP contribution in [0.3, 0.4) is 0 Å². The number of nitrogens with two attached hydrogens (primary N) is 1. The number of hydrogen-bond donors (Lipinski definition) is 1. The Morgan fingerprint density at radius 2 is 2.12 bits per heavy atom. The molecule has 17 heavy (non-hydrogen) atoms. The summed E-state index contributed by atoms with van der Waals surface area (Å²) >= 11 is 0. The first-order valence-corrected chi connectivity index (χ1v) is 5.82. The minimum absolute atomic E-state index is 0.0415. The molecule has 1 aromatic heterocycles. The smallest absolute Gasteiger partial charge is 0.144 e. The maximum absolute atomic E-state index is 6.04. The number of rotatable bonds is 2. The highest BCUT2D eigenvalue weighted by molar-refractivity contribution is 5.33. The van der Waals surface area contributed by atoms with Gasteiger partial charge in [-0.05, 0) is 18.6 Å². The quantitative estimate of drug-likeness (QED) is 0.852. The van der Waals surface area contributed by atoms with Crippen molar-refractivity contribution < 1.29 is 4.74 Å². The van der Waals surface area contributed by atoms with Crippen LogP contribution in [-0.2, 0) is 4.74 Å². The van der Waals surface area contributed by atoms with E-state index < -0.39 is 0 Å². The van der Waals surface area contributed by atoms with Crippen LogP contribution in [0.15, 0.2) is 42.7 Å². The van der Waals surface area contributed by atoms with Crippen molar-refractivity contribution in [1.82, 2.24) is 9.55 Å². The highest BCUT2D eigenvalue weighted by Crippen LogP contribution is 2.28. The molecule has 0 spiro atoms. The Labute approximate surface area is 100 Å². The lowest BCUT2D eigenvalue weighted by Crippen LogP contribution is -2.25. The van der Waals surface area contributed by atoms with Crippen molar-refractivity contribution in [3.05, 3.63) is 48.5 Å². The minimum Gasteiger partial charge on any atom is -0.369 e. The summed E-state index contributed by atoms with van der Waals surface area (Å²) in [5, 5.41) is 0. The summed E-state index contributed by atoms with van der Waals surface area (Å²) in [5.41, 5.74) is 7.12. The maximum atomic E-state index is 6.04. The molecule has 2 aromatic rings. The van der Waals surface area contributed by atoms with E-state index in [0.717, 1.165) is 17.9 Å². The van der Waals surface area contributed by atoms with Crippen LogP contribution in [0.2, 0.25) is 0 Å². The summed E-state index contributed by atoms with van der Waals surface area (Å²) in [6.45, 7) is 0.716. The van der Waals surface area contributed by atoms with Gasteiger partial charge in [0.15, 0.2) is 0 Å². The summed E-state index contributed by atoms with van der Waals surface area (Å²) in [5.74, 6) is 0.890. The molecule has 0 radical (unpaired) electrons. The van der Waals surface area contributed by atoms with Crippen LogP contribution in [0.5, 0.6) is 0 Å². The molecular formula is C13H15N3O. The molecule has 2 N–H and O–H groups in total. The number of para-hydroxylation sites is 1. The fourth-order valence-electron chi connectivity index (χ4n) is 2.20. The van der Waals surface area contributed by atoms with Gasteiger partial charge in [0.2, 0.25) is 0 Å². The normalized spacial score (nSPS) is 24.1. The fourth-order valence-corrected chi connectivity index (χ4v) is 2.20. The Morgan fingerprint density at radius 3 is 2.82 bits per heavy atom. The van der Waals surface area contributed by atoms with E-state index in [1.807, 2.05) is 41.1 Å². The van der Waals surface area contributed by atoms with Crippen LogP contribution in [0, 0.1) is 0 Å². The Balaban J connectivity index is 2.00. The van der Waals surface area contributed by atoms with Gasteiger partial charge in [-0.2, -0.15) is 0 Å². The van der Waals surface area contributed by atoms with Gasteiger partial charge in [-0.25, -0.2) is 4.98 Å². The van der Waals surface area contributed by atoms with E-state index in [0.29, 0.717) is 6.61 Å². The summed E-state index contributed by atoms with van der Waals surface area (Å²) in [7, 11) is 0. The van der Waals surface area contributed by atoms with Crippen molar-refractivity contribution >= 4 is 0 Å². The first kappa shape index (κ1) is 10.5. The van der Waals surface area contributed by atoms with Gasteiger partial charge in [-0.15, -0.1) is 0 Å². The Morgan fingerprint density at radius 1 is 1.29 bits per heavy atom. The third-order valence-electron chi connectivity index (χ3n) is 3.10. The molecule has 1 fully saturated rings. The topological polar surface area (TPSA) is 53.1 Å². The lowest BCUT2D eigenvalue weighted by atomic mass is 10.1. The van der Waals surface area contributed by atoms with Crippen LogP contribution in [-0.4, -0.2) is 22.2 Å². The molecule has 1 aromatic carbocycles. The van der Waals surface area contributed by atoms with E-state index >= 15 is 0 Å².